The molecule has 0 aliphatic rings. The molecule has 0 N–H and O–H groups in total. The molecule has 170 valence electrons. The van der Waals surface area contributed by atoms with Gasteiger partial charge in [-0.05, 0) is 42.9 Å². The van der Waals surface area contributed by atoms with Crippen LogP contribution in [0.25, 0.3) is 0 Å². The summed E-state index contributed by atoms with van der Waals surface area (Å²) in [5.74, 6) is 0.812. The third kappa shape index (κ3) is 7.52. The zero-order chi connectivity index (χ0) is 23.0. The van der Waals surface area contributed by atoms with Crippen molar-refractivity contribution in [1.29, 1.82) is 0 Å². The molecule has 9 heteroatoms. The van der Waals surface area contributed by atoms with Gasteiger partial charge in [-0.1, -0.05) is 58.0 Å². The van der Waals surface area contributed by atoms with Crippen molar-refractivity contribution in [2.75, 3.05) is 13.1 Å². The van der Waals surface area contributed by atoms with E-state index in [-0.39, 0.29) is 10.6 Å². The maximum Gasteiger partial charge on any atom is 0.289 e. The van der Waals surface area contributed by atoms with Gasteiger partial charge in [-0.2, -0.15) is 8.42 Å². The van der Waals surface area contributed by atoms with E-state index in [2.05, 4.69) is 31.5 Å². The number of nitro benzene ring substituents is 1. The van der Waals surface area contributed by atoms with Crippen molar-refractivity contribution < 1.29 is 13.3 Å². The highest BCUT2D eigenvalue weighted by atomic mass is 32.3. The number of nitrogens with zero attached hydrogens (tertiary/aromatic N) is 3. The molecule has 0 amide bonds. The number of para-hydroxylation sites is 1. The fraction of sp³-hybridized carbons (Fsp3) is 0.455. The van der Waals surface area contributed by atoms with Gasteiger partial charge in [0, 0.05) is 30.0 Å². The van der Waals surface area contributed by atoms with E-state index < -0.39 is 25.8 Å². The van der Waals surface area contributed by atoms with Crippen molar-refractivity contribution in [3.8, 4) is 0 Å². The molecular formula is C22H31N3O4S2. The number of nitro groups is 1. The first-order valence-corrected chi connectivity index (χ1v) is 13.0. The highest BCUT2D eigenvalue weighted by Gasteiger charge is 2.25. The highest BCUT2D eigenvalue weighted by Crippen LogP contribution is 2.28. The van der Waals surface area contributed by atoms with Crippen LogP contribution in [0.2, 0.25) is 0 Å². The van der Waals surface area contributed by atoms with Crippen molar-refractivity contribution in [3.63, 3.8) is 0 Å². The Bertz CT molecular complexity index is 994. The molecule has 0 fully saturated rings. The minimum absolute atomic E-state index is 0.0822. The van der Waals surface area contributed by atoms with Crippen LogP contribution < -0.4 is 0 Å². The van der Waals surface area contributed by atoms with E-state index in [0.717, 1.165) is 12.8 Å². The summed E-state index contributed by atoms with van der Waals surface area (Å²) in [6.45, 7) is 9.60. The smallest absolute Gasteiger partial charge is 0.258 e. The fourth-order valence-electron chi connectivity index (χ4n) is 2.81. The van der Waals surface area contributed by atoms with Gasteiger partial charge in [0.15, 0.2) is 0 Å². The molecule has 0 aliphatic carbocycles. The van der Waals surface area contributed by atoms with Crippen LogP contribution in [-0.4, -0.2) is 30.7 Å². The van der Waals surface area contributed by atoms with E-state index in [1.807, 2.05) is 4.31 Å². The van der Waals surface area contributed by atoms with E-state index in [1.165, 1.54) is 18.2 Å². The molecule has 31 heavy (non-hydrogen) atoms. The van der Waals surface area contributed by atoms with Gasteiger partial charge >= 0.3 is 0 Å². The van der Waals surface area contributed by atoms with E-state index in [9.17, 15) is 18.5 Å². The van der Waals surface area contributed by atoms with Crippen LogP contribution in [0.3, 0.4) is 0 Å². The first kappa shape index (κ1) is 25.2. The maximum atomic E-state index is 13.1. The van der Waals surface area contributed by atoms with Crippen LogP contribution in [0.15, 0.2) is 68.2 Å². The summed E-state index contributed by atoms with van der Waals surface area (Å²) >= 11 is 0. The minimum Gasteiger partial charge on any atom is -0.258 e. The molecule has 0 aromatic heterocycles. The largest absolute Gasteiger partial charge is 0.289 e. The molecule has 0 heterocycles. The van der Waals surface area contributed by atoms with Crippen LogP contribution >= 0.6 is 0 Å². The zero-order valence-corrected chi connectivity index (χ0v) is 20.1. The van der Waals surface area contributed by atoms with E-state index in [0.29, 0.717) is 29.8 Å². The first-order valence-electron chi connectivity index (χ1n) is 10.4. The summed E-state index contributed by atoms with van der Waals surface area (Å²) in [5, 5.41) is 11.7. The van der Waals surface area contributed by atoms with Crippen LogP contribution in [0.4, 0.5) is 5.69 Å². The fourth-order valence-corrected chi connectivity index (χ4v) is 6.46. The predicted molar refractivity (Wildman–Crippen MR) is 125 cm³/mol. The van der Waals surface area contributed by atoms with Crippen LogP contribution in [-0.2, 0) is 20.9 Å². The van der Waals surface area contributed by atoms with Gasteiger partial charge in [-0.15, -0.1) is 3.77 Å². The van der Waals surface area contributed by atoms with Gasteiger partial charge in [0.05, 0.1) is 9.82 Å². The molecule has 0 aliphatic heterocycles. The Hall–Kier alpha value is -2.10. The first-order chi connectivity index (χ1) is 14.6. The minimum atomic E-state index is -4.00. The van der Waals surface area contributed by atoms with Crippen molar-refractivity contribution in [1.82, 2.24) is 4.31 Å². The third-order valence-electron chi connectivity index (χ3n) is 4.62. The van der Waals surface area contributed by atoms with Gasteiger partial charge in [0.1, 0.15) is 4.90 Å². The standard InChI is InChI=1S/C22H31N3O4S2/c1-18(2)14-16-24(17-15-19(3)4)30(22-13-9-8-12-21(22)25(26)27)23-31(28,29)20-10-6-5-7-11-20/h5-13,18-19H,14-17H2,1-4H3. The monoisotopic (exact) mass is 465 g/mol. The summed E-state index contributed by atoms with van der Waals surface area (Å²) in [7, 11) is -5.33. The molecule has 0 radical (unpaired) electrons. The molecule has 2 aromatic carbocycles. The number of rotatable bonds is 11. The van der Waals surface area contributed by atoms with Gasteiger partial charge in [-0.3, -0.25) is 10.1 Å². The van der Waals surface area contributed by atoms with Crippen molar-refractivity contribution in [2.24, 2.45) is 15.6 Å². The molecule has 2 aromatic rings. The molecule has 0 bridgehead atoms. The van der Waals surface area contributed by atoms with E-state index in [1.54, 1.807) is 36.4 Å². The SMILES string of the molecule is CC(C)CCN(CCC(C)C)/S(=N\S(=O)(=O)c1ccccc1)c1ccccc1[N+](=O)[O-]. The summed E-state index contributed by atoms with van der Waals surface area (Å²) in [6.07, 6.45) is 1.67. The third-order valence-corrected chi connectivity index (χ3v) is 8.44. The molecule has 1 atom stereocenters. The second-order valence-electron chi connectivity index (χ2n) is 8.15. The Labute approximate surface area is 187 Å². The zero-order valence-electron chi connectivity index (χ0n) is 18.5. The summed E-state index contributed by atoms with van der Waals surface area (Å²) in [5.41, 5.74) is -0.114. The number of benzene rings is 2. The Kier molecular flexibility index (Phi) is 9.33. The van der Waals surface area contributed by atoms with E-state index >= 15 is 0 Å². The summed E-state index contributed by atoms with van der Waals surface area (Å²) in [4.78, 5) is 11.6. The maximum absolute atomic E-state index is 13.1. The molecule has 0 spiro atoms. The second kappa shape index (κ2) is 11.5. The highest BCUT2D eigenvalue weighted by molar-refractivity contribution is 7.99. The second-order valence-corrected chi connectivity index (χ2v) is 11.6. The Morgan fingerprint density at radius 2 is 1.45 bits per heavy atom. The lowest BCUT2D eigenvalue weighted by Crippen LogP contribution is -2.31. The summed E-state index contributed by atoms with van der Waals surface area (Å²) in [6, 6.07) is 14.3. The number of hydrogen-bond acceptors (Lipinski definition) is 4. The van der Waals surface area contributed by atoms with Crippen molar-refractivity contribution in [3.05, 3.63) is 64.7 Å². The molecule has 2 rings (SSSR count). The quantitative estimate of drug-likeness (QED) is 0.325. The van der Waals surface area contributed by atoms with Gasteiger partial charge in [0.25, 0.3) is 15.7 Å². The lowest BCUT2D eigenvalue weighted by atomic mass is 10.1. The Balaban J connectivity index is 2.67. The molecule has 7 nitrogen and oxygen atoms in total. The number of sulfonamides is 1. The predicted octanol–water partition coefficient (Wildman–Crippen LogP) is 5.45. The van der Waals surface area contributed by atoms with Crippen LogP contribution in [0, 0.1) is 22.0 Å². The van der Waals surface area contributed by atoms with Gasteiger partial charge in [0.2, 0.25) is 0 Å². The van der Waals surface area contributed by atoms with E-state index in [4.69, 9.17) is 0 Å². The molecule has 0 saturated heterocycles. The molecule has 0 saturated carbocycles. The lowest BCUT2D eigenvalue weighted by molar-refractivity contribution is -0.387. The normalized spacial score (nSPS) is 13.3. The average molecular weight is 466 g/mol. The number of hydrogen-bond donors (Lipinski definition) is 0. The molecular weight excluding hydrogens is 434 g/mol. The Morgan fingerprint density at radius 1 is 0.935 bits per heavy atom. The van der Waals surface area contributed by atoms with Crippen molar-refractivity contribution >= 4 is 26.6 Å². The van der Waals surface area contributed by atoms with Gasteiger partial charge in [-0.25, -0.2) is 4.31 Å². The lowest BCUT2D eigenvalue weighted by Gasteiger charge is -2.26. The Morgan fingerprint density at radius 3 is 1.97 bits per heavy atom. The summed E-state index contributed by atoms with van der Waals surface area (Å²) < 4.78 is 32.5. The van der Waals surface area contributed by atoms with Crippen molar-refractivity contribution in [2.45, 2.75) is 50.3 Å². The van der Waals surface area contributed by atoms with Gasteiger partial charge < -0.3 is 0 Å². The average Bonchev–Trinajstić information content (AvgIpc) is 2.72. The topological polar surface area (TPSA) is 92.9 Å². The molecule has 1 unspecified atom stereocenters. The van der Waals surface area contributed by atoms with Crippen LogP contribution in [0.5, 0.6) is 0 Å². The van der Waals surface area contributed by atoms with Crippen LogP contribution in [0.1, 0.15) is 40.5 Å².